The molecule has 3 rings (SSSR count). The molecular formula is C15H21N3O4S. The van der Waals surface area contributed by atoms with E-state index in [9.17, 15) is 13.2 Å². The highest BCUT2D eigenvalue weighted by Crippen LogP contribution is 2.27. The van der Waals surface area contributed by atoms with Crippen molar-refractivity contribution in [3.05, 3.63) is 23.8 Å². The minimum atomic E-state index is -3.54. The summed E-state index contributed by atoms with van der Waals surface area (Å²) in [5.74, 6) is 0.410. The number of sulfonamides is 1. The summed E-state index contributed by atoms with van der Waals surface area (Å²) in [6.45, 7) is 2.15. The van der Waals surface area contributed by atoms with Crippen molar-refractivity contribution in [2.24, 2.45) is 5.73 Å². The molecule has 0 saturated carbocycles. The molecule has 0 unspecified atom stereocenters. The van der Waals surface area contributed by atoms with Crippen LogP contribution in [-0.2, 0) is 21.2 Å². The number of amides is 1. The summed E-state index contributed by atoms with van der Waals surface area (Å²) >= 11 is 0. The fourth-order valence-electron chi connectivity index (χ4n) is 3.05. The second kappa shape index (κ2) is 6.46. The number of nitrogens with zero attached hydrogens (tertiary/aromatic N) is 1. The first-order valence-corrected chi connectivity index (χ1v) is 9.21. The third kappa shape index (κ3) is 3.82. The highest BCUT2D eigenvalue weighted by atomic mass is 32.2. The molecule has 0 spiro atoms. The van der Waals surface area contributed by atoms with Crippen molar-refractivity contribution in [3.63, 3.8) is 0 Å². The Morgan fingerprint density at radius 2 is 2.09 bits per heavy atom. The van der Waals surface area contributed by atoms with E-state index in [0.717, 1.165) is 17.7 Å². The van der Waals surface area contributed by atoms with Crippen LogP contribution in [0.2, 0.25) is 0 Å². The number of hydrogen-bond acceptors (Lipinski definition) is 5. The summed E-state index contributed by atoms with van der Waals surface area (Å²) in [6, 6.07) is 4.86. The molecule has 0 radical (unpaired) electrons. The van der Waals surface area contributed by atoms with Gasteiger partial charge in [-0.05, 0) is 36.6 Å². The molecular weight excluding hydrogens is 318 g/mol. The fourth-order valence-corrected chi connectivity index (χ4v) is 4.40. The SMILES string of the molecule is NC(=O)CN1CCC(NS(=O)(=O)c2ccc3c(c2)CCO3)CC1. The van der Waals surface area contributed by atoms with E-state index in [1.165, 1.54) is 0 Å². The highest BCUT2D eigenvalue weighted by Gasteiger charge is 2.26. The van der Waals surface area contributed by atoms with Gasteiger partial charge in [0.15, 0.2) is 0 Å². The normalized spacial score (nSPS) is 19.3. The monoisotopic (exact) mass is 339 g/mol. The van der Waals surface area contributed by atoms with E-state index in [0.29, 0.717) is 32.5 Å². The van der Waals surface area contributed by atoms with Crippen LogP contribution in [-0.4, -0.2) is 51.5 Å². The number of hydrogen-bond donors (Lipinski definition) is 2. The average Bonchev–Trinajstić information content (AvgIpc) is 2.96. The van der Waals surface area contributed by atoms with E-state index < -0.39 is 10.0 Å². The Balaban J connectivity index is 1.62. The number of ether oxygens (including phenoxy) is 1. The molecule has 1 fully saturated rings. The van der Waals surface area contributed by atoms with Crippen LogP contribution in [0.1, 0.15) is 18.4 Å². The molecule has 23 heavy (non-hydrogen) atoms. The van der Waals surface area contributed by atoms with Gasteiger partial charge < -0.3 is 10.5 Å². The summed E-state index contributed by atoms with van der Waals surface area (Å²) in [5.41, 5.74) is 6.11. The molecule has 1 amide bonds. The van der Waals surface area contributed by atoms with Crippen molar-refractivity contribution in [1.82, 2.24) is 9.62 Å². The van der Waals surface area contributed by atoms with Crippen LogP contribution < -0.4 is 15.2 Å². The van der Waals surface area contributed by atoms with Gasteiger partial charge in [0, 0.05) is 25.6 Å². The second-order valence-corrected chi connectivity index (χ2v) is 7.72. The topological polar surface area (TPSA) is 102 Å². The Kier molecular flexibility index (Phi) is 4.56. The maximum Gasteiger partial charge on any atom is 0.240 e. The zero-order chi connectivity index (χ0) is 16.4. The quantitative estimate of drug-likeness (QED) is 0.777. The number of nitrogens with two attached hydrogens (primary N) is 1. The Morgan fingerprint density at radius 3 is 2.78 bits per heavy atom. The predicted octanol–water partition coefficient (Wildman–Crippen LogP) is -0.150. The van der Waals surface area contributed by atoms with Crippen molar-refractivity contribution in [2.75, 3.05) is 26.2 Å². The Morgan fingerprint density at radius 1 is 1.35 bits per heavy atom. The predicted molar refractivity (Wildman–Crippen MR) is 84.6 cm³/mol. The largest absolute Gasteiger partial charge is 0.493 e. The molecule has 0 aliphatic carbocycles. The maximum absolute atomic E-state index is 12.5. The molecule has 1 aromatic carbocycles. The zero-order valence-corrected chi connectivity index (χ0v) is 13.6. The lowest BCUT2D eigenvalue weighted by molar-refractivity contribution is -0.119. The van der Waals surface area contributed by atoms with Crippen molar-refractivity contribution in [3.8, 4) is 5.75 Å². The lowest BCUT2D eigenvalue weighted by Gasteiger charge is -2.31. The van der Waals surface area contributed by atoms with Crippen LogP contribution in [0.5, 0.6) is 5.75 Å². The Labute approximate surface area is 135 Å². The number of primary amides is 1. The molecule has 2 aliphatic heterocycles. The third-order valence-corrected chi connectivity index (χ3v) is 5.78. The van der Waals surface area contributed by atoms with E-state index in [1.807, 2.05) is 4.90 Å². The Hall–Kier alpha value is -1.64. The summed E-state index contributed by atoms with van der Waals surface area (Å²) in [7, 11) is -3.54. The summed E-state index contributed by atoms with van der Waals surface area (Å²) in [6.07, 6.45) is 2.07. The summed E-state index contributed by atoms with van der Waals surface area (Å²) in [4.78, 5) is 13.1. The standard InChI is InChI=1S/C15H21N3O4S/c16-15(19)10-18-6-3-12(4-7-18)17-23(20,21)13-1-2-14-11(9-13)5-8-22-14/h1-2,9,12,17H,3-8,10H2,(H2,16,19). The number of nitrogens with one attached hydrogen (secondary N) is 1. The Bertz CT molecular complexity index is 697. The third-order valence-electron chi connectivity index (χ3n) is 4.26. The smallest absolute Gasteiger partial charge is 0.240 e. The first-order valence-electron chi connectivity index (χ1n) is 7.73. The van der Waals surface area contributed by atoms with E-state index in [4.69, 9.17) is 10.5 Å². The molecule has 8 heteroatoms. The molecule has 126 valence electrons. The van der Waals surface area contributed by atoms with E-state index in [-0.39, 0.29) is 23.4 Å². The number of fused-ring (bicyclic) bond motifs is 1. The van der Waals surface area contributed by atoms with Gasteiger partial charge in [-0.15, -0.1) is 0 Å². The molecule has 2 heterocycles. The van der Waals surface area contributed by atoms with Crippen molar-refractivity contribution >= 4 is 15.9 Å². The maximum atomic E-state index is 12.5. The van der Waals surface area contributed by atoms with Gasteiger partial charge in [0.25, 0.3) is 0 Å². The number of rotatable bonds is 5. The van der Waals surface area contributed by atoms with Crippen LogP contribution in [0, 0.1) is 0 Å². The lowest BCUT2D eigenvalue weighted by atomic mass is 10.1. The molecule has 0 atom stereocenters. The first kappa shape index (κ1) is 16.2. The zero-order valence-electron chi connectivity index (χ0n) is 12.8. The second-order valence-electron chi connectivity index (χ2n) is 6.01. The number of carbonyl (C=O) groups excluding carboxylic acids is 1. The van der Waals surface area contributed by atoms with Crippen LogP contribution in [0.25, 0.3) is 0 Å². The van der Waals surface area contributed by atoms with Crippen LogP contribution in [0.4, 0.5) is 0 Å². The molecule has 2 aliphatic rings. The number of carbonyl (C=O) groups is 1. The first-order chi connectivity index (χ1) is 10.9. The van der Waals surface area contributed by atoms with Crippen molar-refractivity contribution < 1.29 is 17.9 Å². The molecule has 0 bridgehead atoms. The van der Waals surface area contributed by atoms with Gasteiger partial charge in [0.05, 0.1) is 18.0 Å². The molecule has 1 aromatic rings. The van der Waals surface area contributed by atoms with E-state index >= 15 is 0 Å². The molecule has 1 saturated heterocycles. The fraction of sp³-hybridized carbons (Fsp3) is 0.533. The van der Waals surface area contributed by atoms with Gasteiger partial charge >= 0.3 is 0 Å². The lowest BCUT2D eigenvalue weighted by Crippen LogP contribution is -2.46. The van der Waals surface area contributed by atoms with Gasteiger partial charge in [-0.2, -0.15) is 0 Å². The van der Waals surface area contributed by atoms with Gasteiger partial charge in [0.1, 0.15) is 5.75 Å². The minimum Gasteiger partial charge on any atom is -0.493 e. The van der Waals surface area contributed by atoms with Crippen LogP contribution in [0.3, 0.4) is 0 Å². The van der Waals surface area contributed by atoms with Crippen molar-refractivity contribution in [1.29, 1.82) is 0 Å². The van der Waals surface area contributed by atoms with Crippen LogP contribution >= 0.6 is 0 Å². The van der Waals surface area contributed by atoms with Gasteiger partial charge in [0.2, 0.25) is 15.9 Å². The van der Waals surface area contributed by atoms with E-state index in [1.54, 1.807) is 18.2 Å². The average molecular weight is 339 g/mol. The summed E-state index contributed by atoms with van der Waals surface area (Å²) < 4.78 is 33.2. The highest BCUT2D eigenvalue weighted by molar-refractivity contribution is 7.89. The molecule has 7 nitrogen and oxygen atoms in total. The summed E-state index contributed by atoms with van der Waals surface area (Å²) in [5, 5.41) is 0. The van der Waals surface area contributed by atoms with Gasteiger partial charge in [-0.25, -0.2) is 13.1 Å². The molecule has 3 N–H and O–H groups in total. The minimum absolute atomic E-state index is 0.117. The van der Waals surface area contributed by atoms with E-state index in [2.05, 4.69) is 4.72 Å². The van der Waals surface area contributed by atoms with Gasteiger partial charge in [-0.3, -0.25) is 9.69 Å². The number of piperidine rings is 1. The number of likely N-dealkylation sites (tertiary alicyclic amines) is 1. The van der Waals surface area contributed by atoms with Crippen molar-refractivity contribution in [2.45, 2.75) is 30.2 Å². The van der Waals surface area contributed by atoms with Gasteiger partial charge in [-0.1, -0.05) is 0 Å². The number of benzene rings is 1. The molecule has 0 aromatic heterocycles. The van der Waals surface area contributed by atoms with Crippen LogP contribution in [0.15, 0.2) is 23.1 Å².